The van der Waals surface area contributed by atoms with Crippen molar-refractivity contribution in [2.45, 2.75) is 27.7 Å². The molecule has 0 aromatic heterocycles. The summed E-state index contributed by atoms with van der Waals surface area (Å²) in [6.45, 7) is 11.4. The van der Waals surface area contributed by atoms with Gasteiger partial charge in [-0.05, 0) is 0 Å². The van der Waals surface area contributed by atoms with Crippen LogP contribution in [0.4, 0.5) is 8.78 Å². The topological polar surface area (TPSA) is 0 Å². The predicted octanol–water partition coefficient (Wildman–Crippen LogP) is 9.01. The van der Waals surface area contributed by atoms with Gasteiger partial charge in [0.15, 0.2) is 0 Å². The molecule has 0 amide bonds. The quantitative estimate of drug-likeness (QED) is 0.171. The van der Waals surface area contributed by atoms with Gasteiger partial charge in [0, 0.05) is 0 Å². The van der Waals surface area contributed by atoms with Gasteiger partial charge in [-0.15, -0.1) is 24.8 Å². The first kappa shape index (κ1) is 34.2. The molecule has 4 aromatic carbocycles. The van der Waals surface area contributed by atoms with Crippen LogP contribution in [0.2, 0.25) is 0 Å². The van der Waals surface area contributed by atoms with Crippen LogP contribution in [0.3, 0.4) is 0 Å². The van der Waals surface area contributed by atoms with Crippen LogP contribution in [0.25, 0.3) is 11.1 Å². The van der Waals surface area contributed by atoms with Crippen molar-refractivity contribution in [3.8, 4) is 0 Å². The number of halogens is 4. The van der Waals surface area contributed by atoms with E-state index in [0.717, 1.165) is 22.3 Å². The molecule has 0 bridgehead atoms. The minimum Gasteiger partial charge on any atom is -0.147 e. The van der Waals surface area contributed by atoms with Crippen LogP contribution in [-0.2, 0) is 17.1 Å². The molecule has 6 heteroatoms. The van der Waals surface area contributed by atoms with Gasteiger partial charge in [0.25, 0.3) is 0 Å². The van der Waals surface area contributed by atoms with E-state index in [1.165, 1.54) is 36.6 Å². The van der Waals surface area contributed by atoms with Crippen molar-refractivity contribution in [2.24, 2.45) is 11.8 Å². The Morgan fingerprint density at radius 2 is 0.909 bits per heavy atom. The Morgan fingerprint density at radius 1 is 0.545 bits per heavy atom. The van der Waals surface area contributed by atoms with Crippen LogP contribution in [-0.4, -0.2) is 6.94 Å². The molecule has 0 fully saturated rings. The minimum atomic E-state index is -4.89. The maximum Gasteiger partial charge on any atom is -0.147 e. The Kier molecular flexibility index (Phi) is 10.1. The van der Waals surface area contributed by atoms with E-state index in [9.17, 15) is 8.78 Å². The van der Waals surface area contributed by atoms with Gasteiger partial charge in [-0.3, -0.25) is 0 Å². The van der Waals surface area contributed by atoms with Gasteiger partial charge in [0.05, 0.1) is 0 Å². The first-order valence-corrected chi connectivity index (χ1v) is 30.2. The number of rotatable bonds is 6. The maximum absolute atomic E-state index is 14.5. The van der Waals surface area contributed by atoms with Crippen LogP contribution in [0.15, 0.2) is 139 Å². The van der Waals surface area contributed by atoms with Gasteiger partial charge in [-0.1, -0.05) is 0 Å². The summed E-state index contributed by atoms with van der Waals surface area (Å²) in [7, 11) is 0. The zero-order chi connectivity index (χ0) is 29.7. The second kappa shape index (κ2) is 13.0. The molecule has 0 N–H and O–H groups in total. The molecule has 0 saturated heterocycles. The van der Waals surface area contributed by atoms with Crippen LogP contribution < -0.4 is 6.64 Å². The fourth-order valence-corrected chi connectivity index (χ4v) is 49.8. The van der Waals surface area contributed by atoms with E-state index >= 15 is 0 Å². The summed E-state index contributed by atoms with van der Waals surface area (Å²) < 4.78 is 34.8. The van der Waals surface area contributed by atoms with Crippen molar-refractivity contribution < 1.29 is 25.9 Å². The average molecular weight is 810 g/mol. The SMILES string of the molecule is CC1=[C]([Hf](=[SiH2])([C]2=C(C)C(c3cccc(F)c3)=CC2C)([c]2ccccc2)[c]2ccccc2)C(C)C=C1c1cccc(F)c1.Cl.Cl. The summed E-state index contributed by atoms with van der Waals surface area (Å²) in [6, 6.07) is 36.3. The largest absolute Gasteiger partial charge is 0.147 e. The second-order valence-electron chi connectivity index (χ2n) is 12.0. The molecule has 2 unspecified atom stereocenters. The third-order valence-electron chi connectivity index (χ3n) is 9.64. The minimum absolute atomic E-state index is 0. The molecular weight excluding hydrogens is 772 g/mol. The molecule has 2 atom stereocenters. The zero-order valence-electron chi connectivity index (χ0n) is 25.5. The van der Waals surface area contributed by atoms with E-state index in [1.54, 1.807) is 24.3 Å². The van der Waals surface area contributed by atoms with E-state index in [1.807, 2.05) is 12.1 Å². The van der Waals surface area contributed by atoms with E-state index in [0.29, 0.717) is 0 Å². The van der Waals surface area contributed by atoms with E-state index in [4.69, 9.17) is 0 Å². The molecule has 4 aromatic rings. The predicted molar refractivity (Wildman–Crippen MR) is 188 cm³/mol. The fourth-order valence-electron chi connectivity index (χ4n) is 8.21. The fraction of sp³-hybridized carbons (Fsp3) is 0.158. The Balaban J connectivity index is 0.00000221. The summed E-state index contributed by atoms with van der Waals surface area (Å²) in [5, 5.41) is 0. The first-order valence-electron chi connectivity index (χ1n) is 14.7. The zero-order valence-corrected chi connectivity index (χ0v) is 32.1. The third kappa shape index (κ3) is 5.22. The molecule has 0 aliphatic heterocycles. The van der Waals surface area contributed by atoms with E-state index in [2.05, 4.69) is 107 Å². The van der Waals surface area contributed by atoms with Crippen molar-refractivity contribution in [3.05, 3.63) is 162 Å². The summed E-state index contributed by atoms with van der Waals surface area (Å²) in [5.74, 6) is -0.0995. The van der Waals surface area contributed by atoms with Gasteiger partial charge in [0.1, 0.15) is 0 Å². The van der Waals surface area contributed by atoms with Gasteiger partial charge in [-0.2, -0.15) is 0 Å². The molecule has 0 nitrogen and oxygen atoms in total. The van der Waals surface area contributed by atoms with Crippen molar-refractivity contribution in [2.75, 3.05) is 0 Å². The second-order valence-corrected chi connectivity index (χ2v) is 42.1. The molecular formula is C38H38Cl2F2HfSi. The standard InChI is InChI=1S/2C13H12F.2C6H5.2ClH.Hf.H2Si/c2*1-9-6-10(2)13(7-9)11-4-3-5-12(14)8-11;2*1-2-4-6-5-3-1;;;;/h2*3-5,7-9H,1-2H3;2*1-5H;2*1H;;1H2. The van der Waals surface area contributed by atoms with E-state index < -0.39 is 17.1 Å². The Bertz CT molecular complexity index is 1770. The van der Waals surface area contributed by atoms with Crippen molar-refractivity contribution >= 4 is 49.5 Å². The monoisotopic (exact) mass is 810 g/mol. The van der Waals surface area contributed by atoms with Crippen LogP contribution in [0, 0.1) is 23.5 Å². The van der Waals surface area contributed by atoms with Gasteiger partial charge in [0.2, 0.25) is 0 Å². The van der Waals surface area contributed by atoms with Gasteiger partial charge >= 0.3 is 252 Å². The van der Waals surface area contributed by atoms with Gasteiger partial charge < -0.3 is 0 Å². The summed E-state index contributed by atoms with van der Waals surface area (Å²) in [4.78, 5) is 0. The molecule has 0 spiro atoms. The van der Waals surface area contributed by atoms with Crippen molar-refractivity contribution in [1.29, 1.82) is 0 Å². The summed E-state index contributed by atoms with van der Waals surface area (Å²) >= 11 is -4.89. The molecule has 0 heterocycles. The Morgan fingerprint density at radius 3 is 1.25 bits per heavy atom. The summed E-state index contributed by atoms with van der Waals surface area (Å²) in [5.41, 5.74) is 6.62. The van der Waals surface area contributed by atoms with Crippen LogP contribution >= 0.6 is 24.8 Å². The average Bonchev–Trinajstić information content (AvgIpc) is 3.48. The third-order valence-corrected chi connectivity index (χ3v) is 48.6. The number of allylic oxidation sites excluding steroid dienone is 8. The first-order chi connectivity index (χ1) is 20.1. The number of hydrogen-bond acceptors (Lipinski definition) is 0. The van der Waals surface area contributed by atoms with Gasteiger partial charge in [-0.25, -0.2) is 0 Å². The molecule has 2 aliphatic rings. The van der Waals surface area contributed by atoms with Crippen molar-refractivity contribution in [1.82, 2.24) is 0 Å². The molecule has 0 saturated carbocycles. The Hall–Kier alpha value is -2.63. The molecule has 0 radical (unpaired) electrons. The summed E-state index contributed by atoms with van der Waals surface area (Å²) in [6.07, 6.45) is 4.71. The van der Waals surface area contributed by atoms with Crippen LogP contribution in [0.1, 0.15) is 38.8 Å². The maximum atomic E-state index is 14.5. The molecule has 44 heavy (non-hydrogen) atoms. The number of hydrogen-bond donors (Lipinski definition) is 0. The van der Waals surface area contributed by atoms with Crippen molar-refractivity contribution in [3.63, 3.8) is 0 Å². The molecule has 2 aliphatic carbocycles. The number of benzene rings is 4. The van der Waals surface area contributed by atoms with E-state index in [-0.39, 0.29) is 48.3 Å². The Labute approximate surface area is 275 Å². The molecule has 226 valence electrons. The molecule has 6 rings (SSSR count). The van der Waals surface area contributed by atoms with Crippen LogP contribution in [0.5, 0.6) is 0 Å². The smallest absolute Gasteiger partial charge is 0.147 e. The normalized spacial score (nSPS) is 18.4.